The maximum atomic E-state index is 4.49. The van der Waals surface area contributed by atoms with Crippen LogP contribution >= 0.6 is 39.0 Å². The third-order valence-electron chi connectivity index (χ3n) is 4.07. The average molecular weight is 430 g/mol. The monoisotopic (exact) mass is 429 g/mol. The largest absolute Gasteiger partial charge is 0.298 e. The van der Waals surface area contributed by atoms with Crippen LogP contribution in [-0.2, 0) is 0 Å². The van der Waals surface area contributed by atoms with Gasteiger partial charge in [-0.2, -0.15) is 0 Å². The number of nitrogens with zero attached hydrogens (tertiary/aromatic N) is 5. The maximum absolute atomic E-state index is 4.49. The fraction of sp³-hybridized carbons (Fsp3) is 0.176. The molecule has 1 saturated carbocycles. The lowest BCUT2D eigenvalue weighted by Crippen LogP contribution is -1.99. The molecule has 1 aliphatic carbocycles. The van der Waals surface area contributed by atoms with Gasteiger partial charge in [0.25, 0.3) is 0 Å². The summed E-state index contributed by atoms with van der Waals surface area (Å²) < 4.78 is 3.28. The zero-order valence-corrected chi connectivity index (χ0v) is 16.2. The van der Waals surface area contributed by atoms with E-state index in [-0.39, 0.29) is 0 Å². The first-order valence-corrected chi connectivity index (χ1v) is 10.4. The van der Waals surface area contributed by atoms with Crippen LogP contribution in [0.25, 0.3) is 21.6 Å². The highest BCUT2D eigenvalue weighted by atomic mass is 79.9. The van der Waals surface area contributed by atoms with Crippen LogP contribution < -0.4 is 0 Å². The summed E-state index contributed by atoms with van der Waals surface area (Å²) in [7, 11) is 0. The van der Waals surface area contributed by atoms with E-state index in [9.17, 15) is 0 Å². The van der Waals surface area contributed by atoms with Gasteiger partial charge in [-0.05, 0) is 54.2 Å². The second kappa shape index (κ2) is 6.19. The fourth-order valence-electron chi connectivity index (χ4n) is 2.76. The minimum Gasteiger partial charge on any atom is -0.298 e. The van der Waals surface area contributed by atoms with Gasteiger partial charge in [-0.1, -0.05) is 22.0 Å². The summed E-state index contributed by atoms with van der Waals surface area (Å²) in [6.45, 7) is 0. The Labute approximate surface area is 160 Å². The fourth-order valence-corrected chi connectivity index (χ4v) is 4.78. The van der Waals surface area contributed by atoms with Gasteiger partial charge in [-0.25, -0.2) is 9.97 Å². The molecule has 124 valence electrons. The molecule has 4 aromatic rings. The Balaban J connectivity index is 1.60. The van der Waals surface area contributed by atoms with Crippen molar-refractivity contribution in [3.05, 3.63) is 46.5 Å². The molecule has 0 unspecified atom stereocenters. The Hall–Kier alpha value is -1.77. The van der Waals surface area contributed by atoms with Crippen LogP contribution in [0.15, 0.2) is 56.7 Å². The molecule has 0 aliphatic heterocycles. The predicted molar refractivity (Wildman–Crippen MR) is 103 cm³/mol. The van der Waals surface area contributed by atoms with Gasteiger partial charge in [0, 0.05) is 15.9 Å². The third-order valence-corrected chi connectivity index (χ3v) is 6.41. The summed E-state index contributed by atoms with van der Waals surface area (Å²) in [4.78, 5) is 10.00. The molecule has 0 spiro atoms. The lowest BCUT2D eigenvalue weighted by atomic mass is 10.2. The molecule has 5 nitrogen and oxygen atoms in total. The summed E-state index contributed by atoms with van der Waals surface area (Å²) in [6.07, 6.45) is 3.97. The van der Waals surface area contributed by atoms with Crippen molar-refractivity contribution in [3.63, 3.8) is 0 Å². The normalized spacial score (nSPS) is 14.3. The molecule has 0 N–H and O–H groups in total. The number of hydrogen-bond donors (Lipinski definition) is 0. The van der Waals surface area contributed by atoms with E-state index in [0.717, 1.165) is 36.3 Å². The van der Waals surface area contributed by atoms with Gasteiger partial charge in [0.1, 0.15) is 11.4 Å². The maximum Gasteiger partial charge on any atom is 0.198 e. The molecule has 5 rings (SSSR count). The van der Waals surface area contributed by atoms with Crippen molar-refractivity contribution in [3.8, 4) is 10.7 Å². The lowest BCUT2D eigenvalue weighted by Gasteiger charge is -2.08. The zero-order valence-electron chi connectivity index (χ0n) is 13.0. The Morgan fingerprint density at radius 3 is 2.88 bits per heavy atom. The first-order valence-electron chi connectivity index (χ1n) is 7.86. The highest BCUT2D eigenvalue weighted by molar-refractivity contribution is 9.10. The molecule has 0 bridgehead atoms. The molecule has 0 atom stereocenters. The quantitative estimate of drug-likeness (QED) is 0.417. The van der Waals surface area contributed by atoms with E-state index >= 15 is 0 Å². The van der Waals surface area contributed by atoms with Crippen LogP contribution in [0.1, 0.15) is 18.9 Å². The van der Waals surface area contributed by atoms with E-state index in [1.165, 1.54) is 12.8 Å². The number of fused-ring (bicyclic) bond motifs is 1. The summed E-state index contributed by atoms with van der Waals surface area (Å²) in [6, 6.07) is 10.7. The van der Waals surface area contributed by atoms with E-state index in [1.807, 2.05) is 18.2 Å². The first kappa shape index (κ1) is 15.5. The molecule has 1 fully saturated rings. The molecule has 0 radical (unpaired) electrons. The average Bonchev–Trinajstić information content (AvgIpc) is 3.15. The van der Waals surface area contributed by atoms with Crippen LogP contribution in [-0.4, -0.2) is 24.7 Å². The van der Waals surface area contributed by atoms with Crippen LogP contribution in [0.3, 0.4) is 0 Å². The zero-order chi connectivity index (χ0) is 16.8. The van der Waals surface area contributed by atoms with Crippen molar-refractivity contribution in [2.24, 2.45) is 0 Å². The first-order chi connectivity index (χ1) is 12.3. The summed E-state index contributed by atoms with van der Waals surface area (Å²) >= 11 is 6.79. The van der Waals surface area contributed by atoms with Crippen molar-refractivity contribution in [2.75, 3.05) is 0 Å². The van der Waals surface area contributed by atoms with E-state index in [1.54, 1.807) is 29.4 Å². The molecular formula is C17H12BrN5S2. The van der Waals surface area contributed by atoms with Gasteiger partial charge in [-0.15, -0.1) is 21.5 Å². The number of thiophene rings is 1. The highest BCUT2D eigenvalue weighted by Gasteiger charge is 2.31. The van der Waals surface area contributed by atoms with Crippen molar-refractivity contribution in [1.82, 2.24) is 24.7 Å². The lowest BCUT2D eigenvalue weighted by molar-refractivity contribution is 0.669. The van der Waals surface area contributed by atoms with Crippen LogP contribution in [0.2, 0.25) is 0 Å². The molecule has 1 aliphatic rings. The number of benzene rings is 1. The van der Waals surface area contributed by atoms with Crippen molar-refractivity contribution in [1.29, 1.82) is 0 Å². The van der Waals surface area contributed by atoms with Gasteiger partial charge >= 0.3 is 0 Å². The molecule has 0 amide bonds. The molecule has 1 aromatic carbocycles. The summed E-state index contributed by atoms with van der Waals surface area (Å²) in [5, 5.41) is 13.8. The predicted octanol–water partition coefficient (Wildman–Crippen LogP) is 5.20. The van der Waals surface area contributed by atoms with E-state index in [4.69, 9.17) is 0 Å². The van der Waals surface area contributed by atoms with Gasteiger partial charge < -0.3 is 0 Å². The SMILES string of the molecule is Brc1ccc2ncnc(Sc3nnc(-c4cccs4)n3C3CC3)c2c1. The standard InChI is InChI=1S/C17H12BrN5S2/c18-10-3-6-13-12(8-10)16(20-9-19-13)25-17-22-21-15(14-2-1-7-24-14)23(17)11-4-5-11/h1-3,6-9,11H,4-5H2. The number of hydrogen-bond acceptors (Lipinski definition) is 6. The number of halogens is 1. The second-order valence-electron chi connectivity index (χ2n) is 5.83. The van der Waals surface area contributed by atoms with E-state index < -0.39 is 0 Å². The van der Waals surface area contributed by atoms with E-state index in [2.05, 4.69) is 58.2 Å². The van der Waals surface area contributed by atoms with E-state index in [0.29, 0.717) is 6.04 Å². The smallest absolute Gasteiger partial charge is 0.198 e. The van der Waals surface area contributed by atoms with Crippen LogP contribution in [0.4, 0.5) is 0 Å². The van der Waals surface area contributed by atoms with Crippen LogP contribution in [0.5, 0.6) is 0 Å². The minimum atomic E-state index is 0.495. The topological polar surface area (TPSA) is 56.5 Å². The second-order valence-corrected chi connectivity index (χ2v) is 8.65. The Bertz CT molecular complexity index is 1060. The van der Waals surface area contributed by atoms with Crippen molar-refractivity contribution < 1.29 is 0 Å². The summed E-state index contributed by atoms with van der Waals surface area (Å²) in [5.74, 6) is 0.958. The molecule has 0 saturated heterocycles. The third kappa shape index (κ3) is 2.88. The van der Waals surface area contributed by atoms with Gasteiger partial charge in [-0.3, -0.25) is 4.57 Å². The van der Waals surface area contributed by atoms with Crippen LogP contribution in [0, 0.1) is 0 Å². The number of rotatable bonds is 4. The Kier molecular flexibility index (Phi) is 3.83. The van der Waals surface area contributed by atoms with Crippen molar-refractivity contribution >= 4 is 49.9 Å². The Morgan fingerprint density at radius 2 is 2.08 bits per heavy atom. The molecule has 25 heavy (non-hydrogen) atoms. The molecule has 8 heteroatoms. The molecular weight excluding hydrogens is 418 g/mol. The summed E-state index contributed by atoms with van der Waals surface area (Å²) in [5.41, 5.74) is 0.927. The number of aromatic nitrogens is 5. The van der Waals surface area contributed by atoms with Gasteiger partial charge in [0.05, 0.1) is 10.4 Å². The molecule has 3 heterocycles. The minimum absolute atomic E-state index is 0.495. The Morgan fingerprint density at radius 1 is 1.16 bits per heavy atom. The highest BCUT2D eigenvalue weighted by Crippen LogP contribution is 2.43. The molecule has 3 aromatic heterocycles. The van der Waals surface area contributed by atoms with Crippen molar-refractivity contribution in [2.45, 2.75) is 29.1 Å². The van der Waals surface area contributed by atoms with Gasteiger partial charge in [0.15, 0.2) is 11.0 Å². The van der Waals surface area contributed by atoms with Gasteiger partial charge in [0.2, 0.25) is 0 Å².